The van der Waals surface area contributed by atoms with E-state index in [1.54, 1.807) is 19.1 Å². The summed E-state index contributed by atoms with van der Waals surface area (Å²) < 4.78 is 22.0. The highest BCUT2D eigenvalue weighted by atomic mass is 79.9. The fraction of sp³-hybridized carbons (Fsp3) is 0.300. The maximum Gasteiger partial charge on any atom is 0.238 e. The van der Waals surface area contributed by atoms with E-state index in [1.165, 1.54) is 12.1 Å². The molecule has 1 rings (SSSR count). The molecule has 0 saturated heterocycles. The number of primary sulfonamides is 1. The smallest absolute Gasteiger partial charge is 0.238 e. The minimum Gasteiger partial charge on any atom is -0.351 e. The summed E-state index contributed by atoms with van der Waals surface area (Å²) in [5.41, 5.74) is 0.805. The van der Waals surface area contributed by atoms with E-state index < -0.39 is 10.0 Å². The van der Waals surface area contributed by atoms with E-state index in [1.807, 2.05) is 0 Å². The second-order valence-corrected chi connectivity index (χ2v) is 6.46. The summed E-state index contributed by atoms with van der Waals surface area (Å²) in [7, 11) is -3.66. The topological polar surface area (TPSA) is 89.3 Å². The second-order valence-electron chi connectivity index (χ2n) is 3.52. The predicted octanol–water partition coefficient (Wildman–Crippen LogP) is 0.734. The molecule has 1 unspecified atom stereocenters. The third-order valence-corrected chi connectivity index (χ3v) is 3.42. The average molecular weight is 321 g/mol. The molecule has 0 aliphatic heterocycles. The summed E-state index contributed by atoms with van der Waals surface area (Å²) in [6, 6.07) is 6.04. The molecular weight excluding hydrogens is 308 g/mol. The van der Waals surface area contributed by atoms with Gasteiger partial charge in [-0.1, -0.05) is 28.1 Å². The van der Waals surface area contributed by atoms with Crippen molar-refractivity contribution in [3.8, 4) is 0 Å². The van der Waals surface area contributed by atoms with Crippen molar-refractivity contribution >= 4 is 31.9 Å². The summed E-state index contributed by atoms with van der Waals surface area (Å²) >= 11 is 3.14. The number of carbonyl (C=O) groups is 1. The molecule has 3 N–H and O–H groups in total. The van der Waals surface area contributed by atoms with Crippen LogP contribution in [0.5, 0.6) is 0 Å². The molecular formula is C10H13BrN2O3S. The van der Waals surface area contributed by atoms with E-state index in [0.29, 0.717) is 6.54 Å². The fourth-order valence-electron chi connectivity index (χ4n) is 1.13. The van der Waals surface area contributed by atoms with Crippen LogP contribution >= 0.6 is 15.9 Å². The molecule has 1 aromatic rings. The molecule has 1 aromatic carbocycles. The van der Waals surface area contributed by atoms with Crippen LogP contribution in [0.2, 0.25) is 0 Å². The normalized spacial score (nSPS) is 13.1. The Bertz CT molecular complexity index is 497. The Morgan fingerprint density at radius 1 is 1.41 bits per heavy atom. The minimum absolute atomic E-state index is 0.0569. The number of nitrogens with two attached hydrogens (primary N) is 1. The molecule has 5 nitrogen and oxygen atoms in total. The van der Waals surface area contributed by atoms with Crippen LogP contribution in [0.15, 0.2) is 29.2 Å². The van der Waals surface area contributed by atoms with Gasteiger partial charge in [-0.15, -0.1) is 0 Å². The number of carbonyl (C=O) groups excluding carboxylic acids is 1. The van der Waals surface area contributed by atoms with Crippen LogP contribution in [0.25, 0.3) is 0 Å². The molecule has 0 heterocycles. The standard InChI is InChI=1S/C10H13BrN2O3S/c1-7(11)10(14)13-6-8-2-4-9(5-3-8)17(12,15)16/h2-5,7H,6H2,1H3,(H,13,14)(H2,12,15,16). The summed E-state index contributed by atoms with van der Waals surface area (Å²) in [4.78, 5) is 11.1. The molecule has 0 radical (unpaired) electrons. The van der Waals surface area contributed by atoms with Gasteiger partial charge in [0.05, 0.1) is 9.72 Å². The molecule has 1 atom stereocenters. The molecule has 0 aromatic heterocycles. The summed E-state index contributed by atoms with van der Waals surface area (Å²) in [5, 5.41) is 7.66. The lowest BCUT2D eigenvalue weighted by atomic mass is 10.2. The Hall–Kier alpha value is -0.920. The van der Waals surface area contributed by atoms with Crippen LogP contribution < -0.4 is 10.5 Å². The van der Waals surface area contributed by atoms with Crippen LogP contribution in [0, 0.1) is 0 Å². The maximum atomic E-state index is 11.3. The molecule has 17 heavy (non-hydrogen) atoms. The lowest BCUT2D eigenvalue weighted by molar-refractivity contribution is -0.120. The largest absolute Gasteiger partial charge is 0.351 e. The highest BCUT2D eigenvalue weighted by Gasteiger charge is 2.09. The summed E-state index contributed by atoms with van der Waals surface area (Å²) in [6.45, 7) is 2.07. The molecule has 0 fully saturated rings. The third kappa shape index (κ3) is 4.45. The van der Waals surface area contributed by atoms with Gasteiger partial charge in [0.2, 0.25) is 15.9 Å². The van der Waals surface area contributed by atoms with Crippen molar-refractivity contribution in [1.29, 1.82) is 0 Å². The van der Waals surface area contributed by atoms with Crippen molar-refractivity contribution in [3.05, 3.63) is 29.8 Å². The van der Waals surface area contributed by atoms with Crippen molar-refractivity contribution in [2.24, 2.45) is 5.14 Å². The first-order chi connectivity index (χ1) is 7.80. The van der Waals surface area contributed by atoms with Crippen LogP contribution in [0.3, 0.4) is 0 Å². The van der Waals surface area contributed by atoms with Gasteiger partial charge in [-0.2, -0.15) is 0 Å². The van der Waals surface area contributed by atoms with Crippen LogP contribution in [-0.2, 0) is 21.4 Å². The zero-order valence-electron chi connectivity index (χ0n) is 9.18. The number of sulfonamides is 1. The molecule has 7 heteroatoms. The van der Waals surface area contributed by atoms with Gasteiger partial charge in [0, 0.05) is 6.54 Å². The first kappa shape index (κ1) is 14.1. The molecule has 0 saturated carbocycles. The summed E-state index contributed by atoms with van der Waals surface area (Å²) in [6.07, 6.45) is 0. The lowest BCUT2D eigenvalue weighted by Gasteiger charge is -2.07. The highest BCUT2D eigenvalue weighted by Crippen LogP contribution is 2.08. The molecule has 0 bridgehead atoms. The second kappa shape index (κ2) is 5.61. The number of benzene rings is 1. The van der Waals surface area contributed by atoms with E-state index in [4.69, 9.17) is 5.14 Å². The Morgan fingerprint density at radius 3 is 2.35 bits per heavy atom. The van der Waals surface area contributed by atoms with E-state index in [0.717, 1.165) is 5.56 Å². The van der Waals surface area contributed by atoms with Crippen molar-refractivity contribution in [3.63, 3.8) is 0 Å². The predicted molar refractivity (Wildman–Crippen MR) is 68.1 cm³/mol. The monoisotopic (exact) mass is 320 g/mol. The van der Waals surface area contributed by atoms with Crippen molar-refractivity contribution in [2.75, 3.05) is 0 Å². The molecule has 94 valence electrons. The zero-order valence-corrected chi connectivity index (χ0v) is 11.6. The number of alkyl halides is 1. The molecule has 0 aliphatic carbocycles. The van der Waals surface area contributed by atoms with Crippen molar-refractivity contribution < 1.29 is 13.2 Å². The van der Waals surface area contributed by atoms with E-state index >= 15 is 0 Å². The quantitative estimate of drug-likeness (QED) is 0.801. The molecule has 0 aliphatic rings. The number of rotatable bonds is 4. The van der Waals surface area contributed by atoms with Crippen LogP contribution in [0.4, 0.5) is 0 Å². The Morgan fingerprint density at radius 2 is 1.94 bits per heavy atom. The zero-order chi connectivity index (χ0) is 13.1. The van der Waals surface area contributed by atoms with Gasteiger partial charge in [0.15, 0.2) is 0 Å². The Balaban J connectivity index is 2.67. The number of nitrogens with one attached hydrogen (secondary N) is 1. The summed E-state index contributed by atoms with van der Waals surface area (Å²) in [5.74, 6) is -0.125. The van der Waals surface area contributed by atoms with Crippen LogP contribution in [0.1, 0.15) is 12.5 Å². The first-order valence-electron chi connectivity index (χ1n) is 4.84. The van der Waals surface area contributed by atoms with Gasteiger partial charge in [-0.3, -0.25) is 4.79 Å². The maximum absolute atomic E-state index is 11.3. The van der Waals surface area contributed by atoms with Gasteiger partial charge in [-0.05, 0) is 24.6 Å². The van der Waals surface area contributed by atoms with Gasteiger partial charge < -0.3 is 5.32 Å². The first-order valence-corrected chi connectivity index (χ1v) is 7.30. The third-order valence-electron chi connectivity index (χ3n) is 2.08. The van der Waals surface area contributed by atoms with Crippen LogP contribution in [-0.4, -0.2) is 19.2 Å². The number of amides is 1. The van der Waals surface area contributed by atoms with Crippen molar-refractivity contribution in [2.45, 2.75) is 23.2 Å². The highest BCUT2D eigenvalue weighted by molar-refractivity contribution is 9.10. The number of hydrogen-bond donors (Lipinski definition) is 2. The number of hydrogen-bond acceptors (Lipinski definition) is 3. The van der Waals surface area contributed by atoms with Gasteiger partial charge in [0.1, 0.15) is 0 Å². The molecule has 0 spiro atoms. The molecule has 1 amide bonds. The Labute approximate surface area is 109 Å². The van der Waals surface area contributed by atoms with E-state index in [9.17, 15) is 13.2 Å². The minimum atomic E-state index is -3.66. The van der Waals surface area contributed by atoms with Gasteiger partial charge >= 0.3 is 0 Å². The average Bonchev–Trinajstić information content (AvgIpc) is 2.25. The van der Waals surface area contributed by atoms with Gasteiger partial charge in [-0.25, -0.2) is 13.6 Å². The van der Waals surface area contributed by atoms with Crippen molar-refractivity contribution in [1.82, 2.24) is 5.32 Å². The SMILES string of the molecule is CC(Br)C(=O)NCc1ccc(S(N)(=O)=O)cc1. The van der Waals surface area contributed by atoms with Gasteiger partial charge in [0.25, 0.3) is 0 Å². The van der Waals surface area contributed by atoms with E-state index in [-0.39, 0.29) is 15.6 Å². The number of halogens is 1. The Kier molecular flexibility index (Phi) is 4.67. The van der Waals surface area contributed by atoms with E-state index in [2.05, 4.69) is 21.2 Å². The lowest BCUT2D eigenvalue weighted by Crippen LogP contribution is -2.28. The fourth-order valence-corrected chi connectivity index (χ4v) is 1.80.